The molecule has 1 aromatic rings. The minimum Gasteiger partial charge on any atom is -0.472 e. The van der Waals surface area contributed by atoms with E-state index in [-0.39, 0.29) is 18.6 Å². The zero-order chi connectivity index (χ0) is 13.7. The highest BCUT2D eigenvalue weighted by atomic mass is 16.5. The molecule has 0 aromatic carbocycles. The maximum Gasteiger partial charge on any atom is 0.248 e. The molecule has 1 saturated heterocycles. The number of hydrogen-bond donors (Lipinski definition) is 0. The molecule has 0 aliphatic carbocycles. The van der Waals surface area contributed by atoms with E-state index in [1.807, 2.05) is 13.8 Å². The number of ether oxygens (including phenoxy) is 2. The van der Waals surface area contributed by atoms with Gasteiger partial charge in [0.15, 0.2) is 0 Å². The Bertz CT molecular complexity index is 439. The van der Waals surface area contributed by atoms with Crippen LogP contribution in [0.25, 0.3) is 0 Å². The lowest BCUT2D eigenvalue weighted by molar-refractivity contribution is -0.135. The van der Waals surface area contributed by atoms with Crippen LogP contribution in [-0.4, -0.2) is 53.2 Å². The molecule has 1 atom stereocenters. The van der Waals surface area contributed by atoms with E-state index in [9.17, 15) is 4.79 Å². The van der Waals surface area contributed by atoms with Gasteiger partial charge in [0.1, 0.15) is 18.5 Å². The molecule has 1 aliphatic heterocycles. The van der Waals surface area contributed by atoms with Crippen LogP contribution in [0, 0.1) is 6.92 Å². The first-order valence-corrected chi connectivity index (χ1v) is 6.51. The van der Waals surface area contributed by atoms with Gasteiger partial charge in [-0.25, -0.2) is 4.98 Å². The highest BCUT2D eigenvalue weighted by Gasteiger charge is 2.27. The molecule has 6 heteroatoms. The van der Waals surface area contributed by atoms with Crippen LogP contribution in [-0.2, 0) is 9.53 Å². The smallest absolute Gasteiger partial charge is 0.248 e. The SMILES string of the molecule is CCOCC(=O)N1CC[C@@H](Oc2ccnc(C)n2)C1. The molecule has 1 aliphatic rings. The Labute approximate surface area is 112 Å². The first-order chi connectivity index (χ1) is 9.19. The summed E-state index contributed by atoms with van der Waals surface area (Å²) in [6.07, 6.45) is 2.49. The summed E-state index contributed by atoms with van der Waals surface area (Å²) in [6.45, 7) is 5.70. The molecule has 19 heavy (non-hydrogen) atoms. The summed E-state index contributed by atoms with van der Waals surface area (Å²) in [5.74, 6) is 1.27. The third-order valence-corrected chi connectivity index (χ3v) is 2.97. The molecule has 0 radical (unpaired) electrons. The van der Waals surface area contributed by atoms with Gasteiger partial charge in [-0.05, 0) is 13.8 Å². The number of aromatic nitrogens is 2. The first-order valence-electron chi connectivity index (χ1n) is 6.51. The molecule has 0 unspecified atom stereocenters. The van der Waals surface area contributed by atoms with Crippen LogP contribution >= 0.6 is 0 Å². The molecule has 2 rings (SSSR count). The summed E-state index contributed by atoms with van der Waals surface area (Å²) in [7, 11) is 0. The zero-order valence-corrected chi connectivity index (χ0v) is 11.3. The van der Waals surface area contributed by atoms with E-state index >= 15 is 0 Å². The Kier molecular flexibility index (Phi) is 4.68. The Hall–Kier alpha value is -1.69. The van der Waals surface area contributed by atoms with Gasteiger partial charge >= 0.3 is 0 Å². The average molecular weight is 265 g/mol. The number of aryl methyl sites for hydroxylation is 1. The van der Waals surface area contributed by atoms with Gasteiger partial charge < -0.3 is 14.4 Å². The van der Waals surface area contributed by atoms with Crippen molar-refractivity contribution in [3.8, 4) is 5.88 Å². The Balaban J connectivity index is 1.83. The largest absolute Gasteiger partial charge is 0.472 e. The molecule has 104 valence electrons. The summed E-state index contributed by atoms with van der Waals surface area (Å²) in [5, 5.41) is 0. The van der Waals surface area contributed by atoms with Crippen molar-refractivity contribution in [2.75, 3.05) is 26.3 Å². The second kappa shape index (κ2) is 6.47. The maximum absolute atomic E-state index is 11.8. The van der Waals surface area contributed by atoms with Crippen LogP contribution in [0.1, 0.15) is 19.2 Å². The van der Waals surface area contributed by atoms with Crippen molar-refractivity contribution in [1.29, 1.82) is 0 Å². The van der Waals surface area contributed by atoms with Crippen LogP contribution in [0.3, 0.4) is 0 Å². The average Bonchev–Trinajstić information content (AvgIpc) is 2.84. The molecule has 1 fully saturated rings. The monoisotopic (exact) mass is 265 g/mol. The molecule has 1 aromatic heterocycles. The van der Waals surface area contributed by atoms with Gasteiger partial charge in [0, 0.05) is 31.8 Å². The van der Waals surface area contributed by atoms with Crippen LogP contribution in [0.4, 0.5) is 0 Å². The Morgan fingerprint density at radius 2 is 2.42 bits per heavy atom. The number of carbonyl (C=O) groups excluding carboxylic acids is 1. The third-order valence-electron chi connectivity index (χ3n) is 2.97. The fraction of sp³-hybridized carbons (Fsp3) is 0.615. The van der Waals surface area contributed by atoms with Gasteiger partial charge in [0.05, 0.1) is 6.54 Å². The van der Waals surface area contributed by atoms with Gasteiger partial charge in [0.25, 0.3) is 0 Å². The summed E-state index contributed by atoms with van der Waals surface area (Å²) in [5.41, 5.74) is 0. The summed E-state index contributed by atoms with van der Waals surface area (Å²) < 4.78 is 10.9. The number of rotatable bonds is 5. The predicted octanol–water partition coefficient (Wildman–Crippen LogP) is 0.801. The molecular formula is C13H19N3O3. The first kappa shape index (κ1) is 13.7. The molecule has 0 saturated carbocycles. The minimum atomic E-state index is -0.000114. The van der Waals surface area contributed by atoms with Gasteiger partial charge in [-0.2, -0.15) is 4.98 Å². The van der Waals surface area contributed by atoms with Gasteiger partial charge in [-0.1, -0.05) is 0 Å². The lowest BCUT2D eigenvalue weighted by Gasteiger charge is -2.16. The third kappa shape index (κ3) is 3.89. The van der Waals surface area contributed by atoms with Crippen molar-refractivity contribution in [2.24, 2.45) is 0 Å². The Morgan fingerprint density at radius 1 is 1.58 bits per heavy atom. The van der Waals surface area contributed by atoms with E-state index in [1.54, 1.807) is 17.2 Å². The quantitative estimate of drug-likeness (QED) is 0.788. The van der Waals surface area contributed by atoms with Crippen molar-refractivity contribution in [2.45, 2.75) is 26.4 Å². The second-order valence-corrected chi connectivity index (χ2v) is 4.45. The number of hydrogen-bond acceptors (Lipinski definition) is 5. The van der Waals surface area contributed by atoms with Crippen LogP contribution in [0.2, 0.25) is 0 Å². The van der Waals surface area contributed by atoms with Gasteiger partial charge in [-0.3, -0.25) is 4.79 Å². The molecule has 0 N–H and O–H groups in total. The minimum absolute atomic E-state index is 0.000114. The van der Waals surface area contributed by atoms with E-state index in [0.29, 0.717) is 31.4 Å². The van der Waals surface area contributed by atoms with E-state index in [2.05, 4.69) is 9.97 Å². The lowest BCUT2D eigenvalue weighted by Crippen LogP contribution is -2.33. The second-order valence-electron chi connectivity index (χ2n) is 4.45. The van der Waals surface area contributed by atoms with Crippen molar-refractivity contribution in [3.05, 3.63) is 18.1 Å². The standard InChI is InChI=1S/C13H19N3O3/c1-3-18-9-13(17)16-7-5-11(8-16)19-12-4-6-14-10(2)15-12/h4,6,11H,3,5,7-9H2,1-2H3/t11-/m1/s1. The van der Waals surface area contributed by atoms with Crippen molar-refractivity contribution < 1.29 is 14.3 Å². The number of nitrogens with zero attached hydrogens (tertiary/aromatic N) is 3. The van der Waals surface area contributed by atoms with Crippen LogP contribution in [0.5, 0.6) is 5.88 Å². The van der Waals surface area contributed by atoms with E-state index in [4.69, 9.17) is 9.47 Å². The van der Waals surface area contributed by atoms with Gasteiger partial charge in [0.2, 0.25) is 11.8 Å². The van der Waals surface area contributed by atoms with Crippen molar-refractivity contribution in [1.82, 2.24) is 14.9 Å². The van der Waals surface area contributed by atoms with Crippen molar-refractivity contribution >= 4 is 5.91 Å². The molecule has 0 bridgehead atoms. The Morgan fingerprint density at radius 3 is 3.16 bits per heavy atom. The van der Waals surface area contributed by atoms with Crippen LogP contribution < -0.4 is 4.74 Å². The molecule has 1 amide bonds. The number of amides is 1. The van der Waals surface area contributed by atoms with Crippen LogP contribution in [0.15, 0.2) is 12.3 Å². The summed E-state index contributed by atoms with van der Waals surface area (Å²) in [4.78, 5) is 21.8. The normalized spacial score (nSPS) is 18.6. The van der Waals surface area contributed by atoms with E-state index in [0.717, 1.165) is 6.42 Å². The topological polar surface area (TPSA) is 64.5 Å². The summed E-state index contributed by atoms with van der Waals surface area (Å²) in [6, 6.07) is 1.73. The molecule has 2 heterocycles. The van der Waals surface area contributed by atoms with Crippen molar-refractivity contribution in [3.63, 3.8) is 0 Å². The lowest BCUT2D eigenvalue weighted by atomic mass is 10.3. The highest BCUT2D eigenvalue weighted by Crippen LogP contribution is 2.16. The fourth-order valence-electron chi connectivity index (χ4n) is 2.00. The van der Waals surface area contributed by atoms with E-state index in [1.165, 1.54) is 0 Å². The predicted molar refractivity (Wildman–Crippen MR) is 68.9 cm³/mol. The highest BCUT2D eigenvalue weighted by molar-refractivity contribution is 5.77. The maximum atomic E-state index is 11.8. The molecule has 6 nitrogen and oxygen atoms in total. The molecule has 0 spiro atoms. The fourth-order valence-corrected chi connectivity index (χ4v) is 2.00. The molecular weight excluding hydrogens is 246 g/mol. The van der Waals surface area contributed by atoms with Gasteiger partial charge in [-0.15, -0.1) is 0 Å². The van der Waals surface area contributed by atoms with E-state index < -0.39 is 0 Å². The summed E-state index contributed by atoms with van der Waals surface area (Å²) >= 11 is 0. The number of likely N-dealkylation sites (tertiary alicyclic amines) is 1. The zero-order valence-electron chi connectivity index (χ0n) is 11.3. The number of carbonyl (C=O) groups is 1.